The molecule has 1 aromatic rings. The zero-order chi connectivity index (χ0) is 12.7. The third-order valence-corrected chi connectivity index (χ3v) is 3.74. The molecule has 2 unspecified atom stereocenters. The fourth-order valence-corrected chi connectivity index (χ4v) is 2.57. The minimum absolute atomic E-state index is 0.173. The summed E-state index contributed by atoms with van der Waals surface area (Å²) in [5.41, 5.74) is 1.14. The van der Waals surface area contributed by atoms with Crippen molar-refractivity contribution >= 4 is 11.8 Å². The SMILES string of the molecule is CCSCCC(C)NC(C)c1ccc(F)cc1. The van der Waals surface area contributed by atoms with Gasteiger partial charge in [-0.15, -0.1) is 0 Å². The van der Waals surface area contributed by atoms with Crippen LogP contribution >= 0.6 is 11.8 Å². The lowest BCUT2D eigenvalue weighted by Crippen LogP contribution is -2.29. The van der Waals surface area contributed by atoms with E-state index in [1.54, 1.807) is 0 Å². The second-order valence-corrected chi connectivity index (χ2v) is 5.72. The quantitative estimate of drug-likeness (QED) is 0.739. The molecular formula is C14H22FNS. The summed E-state index contributed by atoms with van der Waals surface area (Å²) in [5.74, 6) is 2.20. The molecule has 1 nitrogen and oxygen atoms in total. The average Bonchev–Trinajstić information content (AvgIpc) is 2.30. The number of rotatable bonds is 7. The molecule has 0 aromatic heterocycles. The Labute approximate surface area is 108 Å². The first-order valence-corrected chi connectivity index (χ1v) is 7.38. The largest absolute Gasteiger partial charge is 0.308 e. The van der Waals surface area contributed by atoms with E-state index in [1.807, 2.05) is 23.9 Å². The van der Waals surface area contributed by atoms with Gasteiger partial charge in [-0.1, -0.05) is 19.1 Å². The molecule has 0 fully saturated rings. The number of benzene rings is 1. The van der Waals surface area contributed by atoms with Crippen LogP contribution in [-0.2, 0) is 0 Å². The van der Waals surface area contributed by atoms with E-state index >= 15 is 0 Å². The summed E-state index contributed by atoms with van der Waals surface area (Å²) in [5, 5.41) is 3.54. The van der Waals surface area contributed by atoms with Crippen molar-refractivity contribution < 1.29 is 4.39 Å². The van der Waals surface area contributed by atoms with Crippen LogP contribution in [0.25, 0.3) is 0 Å². The monoisotopic (exact) mass is 255 g/mol. The van der Waals surface area contributed by atoms with Crippen LogP contribution in [0.3, 0.4) is 0 Å². The van der Waals surface area contributed by atoms with Gasteiger partial charge in [-0.25, -0.2) is 4.39 Å². The fourth-order valence-electron chi connectivity index (χ4n) is 1.76. The lowest BCUT2D eigenvalue weighted by molar-refractivity contribution is 0.471. The number of nitrogens with one attached hydrogen (secondary N) is 1. The summed E-state index contributed by atoms with van der Waals surface area (Å²) < 4.78 is 12.8. The van der Waals surface area contributed by atoms with Crippen molar-refractivity contribution in [2.75, 3.05) is 11.5 Å². The maximum atomic E-state index is 12.8. The van der Waals surface area contributed by atoms with Crippen molar-refractivity contribution in [3.63, 3.8) is 0 Å². The van der Waals surface area contributed by atoms with Crippen molar-refractivity contribution in [2.45, 2.75) is 39.3 Å². The Balaban J connectivity index is 2.37. The van der Waals surface area contributed by atoms with Crippen LogP contribution in [-0.4, -0.2) is 17.5 Å². The summed E-state index contributed by atoms with van der Waals surface area (Å²) >= 11 is 1.97. The molecule has 0 spiro atoms. The van der Waals surface area contributed by atoms with Gasteiger partial charge in [0, 0.05) is 12.1 Å². The molecule has 3 heteroatoms. The van der Waals surface area contributed by atoms with Crippen molar-refractivity contribution in [1.29, 1.82) is 0 Å². The molecule has 0 saturated carbocycles. The number of hydrogen-bond donors (Lipinski definition) is 1. The lowest BCUT2D eigenvalue weighted by atomic mass is 10.1. The summed E-state index contributed by atoms with van der Waals surface area (Å²) in [4.78, 5) is 0. The molecule has 0 aliphatic rings. The predicted molar refractivity (Wildman–Crippen MR) is 75.0 cm³/mol. The van der Waals surface area contributed by atoms with E-state index in [9.17, 15) is 4.39 Å². The van der Waals surface area contributed by atoms with Crippen LogP contribution < -0.4 is 5.32 Å². The van der Waals surface area contributed by atoms with E-state index in [1.165, 1.54) is 30.1 Å². The van der Waals surface area contributed by atoms with Gasteiger partial charge in [-0.3, -0.25) is 0 Å². The Bertz CT molecular complexity index is 313. The molecule has 2 atom stereocenters. The van der Waals surface area contributed by atoms with Crippen molar-refractivity contribution in [3.8, 4) is 0 Å². The first-order valence-electron chi connectivity index (χ1n) is 6.22. The molecule has 0 heterocycles. The molecule has 0 aliphatic heterocycles. The Morgan fingerprint density at radius 1 is 1.24 bits per heavy atom. The predicted octanol–water partition coefficient (Wildman–Crippen LogP) is 4.01. The highest BCUT2D eigenvalue weighted by atomic mass is 32.2. The van der Waals surface area contributed by atoms with E-state index < -0.39 is 0 Å². The Hall–Kier alpha value is -0.540. The average molecular weight is 255 g/mol. The maximum Gasteiger partial charge on any atom is 0.123 e. The van der Waals surface area contributed by atoms with Gasteiger partial charge in [0.2, 0.25) is 0 Å². The minimum Gasteiger partial charge on any atom is -0.308 e. The van der Waals surface area contributed by atoms with Gasteiger partial charge >= 0.3 is 0 Å². The van der Waals surface area contributed by atoms with Gasteiger partial charge in [-0.2, -0.15) is 11.8 Å². The molecule has 0 bridgehead atoms. The maximum absolute atomic E-state index is 12.8. The fraction of sp³-hybridized carbons (Fsp3) is 0.571. The highest BCUT2D eigenvalue weighted by Gasteiger charge is 2.09. The van der Waals surface area contributed by atoms with Gasteiger partial charge in [0.1, 0.15) is 5.82 Å². The molecule has 1 N–H and O–H groups in total. The van der Waals surface area contributed by atoms with Crippen LogP contribution in [0.2, 0.25) is 0 Å². The zero-order valence-electron chi connectivity index (χ0n) is 10.9. The van der Waals surface area contributed by atoms with Gasteiger partial charge in [-0.05, 0) is 49.5 Å². The normalized spacial score (nSPS) is 14.6. The van der Waals surface area contributed by atoms with Crippen LogP contribution in [0.15, 0.2) is 24.3 Å². The number of thioether (sulfide) groups is 1. The van der Waals surface area contributed by atoms with Gasteiger partial charge in [0.15, 0.2) is 0 Å². The molecule has 96 valence electrons. The van der Waals surface area contributed by atoms with E-state index in [0.29, 0.717) is 6.04 Å². The van der Waals surface area contributed by atoms with Crippen LogP contribution in [0.1, 0.15) is 38.8 Å². The van der Waals surface area contributed by atoms with E-state index in [0.717, 1.165) is 5.56 Å². The van der Waals surface area contributed by atoms with Crippen LogP contribution in [0.4, 0.5) is 4.39 Å². The highest BCUT2D eigenvalue weighted by molar-refractivity contribution is 7.99. The van der Waals surface area contributed by atoms with Crippen LogP contribution in [0.5, 0.6) is 0 Å². The summed E-state index contributed by atoms with van der Waals surface area (Å²) in [6.45, 7) is 6.51. The third kappa shape index (κ3) is 5.55. The Morgan fingerprint density at radius 2 is 1.88 bits per heavy atom. The molecule has 17 heavy (non-hydrogen) atoms. The zero-order valence-corrected chi connectivity index (χ0v) is 11.7. The molecular weight excluding hydrogens is 233 g/mol. The summed E-state index contributed by atoms with van der Waals surface area (Å²) in [6, 6.07) is 7.50. The molecule has 0 aliphatic carbocycles. The van der Waals surface area contributed by atoms with E-state index in [2.05, 4.69) is 26.1 Å². The number of hydrogen-bond acceptors (Lipinski definition) is 2. The number of halogens is 1. The Kier molecular flexibility index (Phi) is 6.60. The van der Waals surface area contributed by atoms with Gasteiger partial charge < -0.3 is 5.32 Å². The van der Waals surface area contributed by atoms with E-state index in [-0.39, 0.29) is 11.9 Å². The topological polar surface area (TPSA) is 12.0 Å². The van der Waals surface area contributed by atoms with Crippen molar-refractivity contribution in [2.24, 2.45) is 0 Å². The highest BCUT2D eigenvalue weighted by Crippen LogP contribution is 2.14. The van der Waals surface area contributed by atoms with Gasteiger partial charge in [0.25, 0.3) is 0 Å². The van der Waals surface area contributed by atoms with E-state index in [4.69, 9.17) is 0 Å². The summed E-state index contributed by atoms with van der Waals surface area (Å²) in [7, 11) is 0. The standard InChI is InChI=1S/C14H22FNS/c1-4-17-10-9-11(2)16-12(3)13-5-7-14(15)8-6-13/h5-8,11-12,16H,4,9-10H2,1-3H3. The molecule has 0 amide bonds. The minimum atomic E-state index is -0.173. The lowest BCUT2D eigenvalue weighted by Gasteiger charge is -2.20. The smallest absolute Gasteiger partial charge is 0.123 e. The molecule has 1 rings (SSSR count). The van der Waals surface area contributed by atoms with Gasteiger partial charge in [0.05, 0.1) is 0 Å². The third-order valence-electron chi connectivity index (χ3n) is 2.80. The molecule has 0 saturated heterocycles. The first kappa shape index (κ1) is 14.5. The summed E-state index contributed by atoms with van der Waals surface area (Å²) in [6.07, 6.45) is 1.17. The Morgan fingerprint density at radius 3 is 2.47 bits per heavy atom. The van der Waals surface area contributed by atoms with Crippen LogP contribution in [0, 0.1) is 5.82 Å². The molecule has 1 aromatic carbocycles. The molecule has 0 radical (unpaired) electrons. The van der Waals surface area contributed by atoms with Crippen molar-refractivity contribution in [3.05, 3.63) is 35.6 Å². The second kappa shape index (κ2) is 7.72. The second-order valence-electron chi connectivity index (χ2n) is 4.33. The first-order chi connectivity index (χ1) is 8.13. The van der Waals surface area contributed by atoms with Crippen molar-refractivity contribution in [1.82, 2.24) is 5.32 Å².